The largest absolute Gasteiger partial charge is 0.481 e. The first kappa shape index (κ1) is 15.4. The molecule has 0 spiro atoms. The van der Waals surface area contributed by atoms with Crippen LogP contribution in [0.15, 0.2) is 0 Å². The normalized spacial score (nSPS) is 10.7. The topological polar surface area (TPSA) is 81.4 Å². The predicted octanol–water partition coefficient (Wildman–Crippen LogP) is 1.64. The Morgan fingerprint density at radius 3 is 2.35 bits per heavy atom. The predicted molar refractivity (Wildman–Crippen MR) is 63.1 cm³/mol. The van der Waals surface area contributed by atoms with E-state index in [1.54, 1.807) is 18.7 Å². The van der Waals surface area contributed by atoms with Crippen molar-refractivity contribution in [2.75, 3.05) is 13.1 Å². The van der Waals surface area contributed by atoms with Crippen molar-refractivity contribution >= 4 is 11.9 Å². The van der Waals surface area contributed by atoms with Crippen LogP contribution in [0.4, 0.5) is 0 Å². The number of carbonyl (C=O) groups is 2. The minimum atomic E-state index is -0.900. The second-order valence-corrected chi connectivity index (χ2v) is 4.79. The average molecular weight is 240 g/mol. The van der Waals surface area contributed by atoms with E-state index in [9.17, 15) is 9.59 Å². The van der Waals surface area contributed by atoms with E-state index in [2.05, 4.69) is 0 Å². The zero-order valence-corrected chi connectivity index (χ0v) is 10.7. The number of aliphatic carboxylic acids is 1. The fraction of sp³-hybridized carbons (Fsp3) is 0.750. The lowest BCUT2D eigenvalue weighted by Gasteiger charge is -2.26. The Labute approximate surface area is 102 Å². The molecule has 0 atom stereocenters. The summed E-state index contributed by atoms with van der Waals surface area (Å²) < 4.78 is 0. The lowest BCUT2D eigenvalue weighted by molar-refractivity contribution is -0.140. The highest BCUT2D eigenvalue weighted by atomic mass is 16.4. The highest BCUT2D eigenvalue weighted by Gasteiger charge is 2.27. The van der Waals surface area contributed by atoms with Gasteiger partial charge in [-0.2, -0.15) is 5.26 Å². The highest BCUT2D eigenvalue weighted by Crippen LogP contribution is 2.25. The maximum atomic E-state index is 11.9. The first-order valence-corrected chi connectivity index (χ1v) is 5.69. The molecule has 5 nitrogen and oxygen atoms in total. The molecule has 1 N–H and O–H groups in total. The Bertz CT molecular complexity index is 318. The Morgan fingerprint density at radius 1 is 1.35 bits per heavy atom. The molecule has 0 rings (SSSR count). The van der Waals surface area contributed by atoms with Gasteiger partial charge in [-0.25, -0.2) is 0 Å². The maximum absolute atomic E-state index is 11.9. The molecule has 0 radical (unpaired) electrons. The number of hydrogen-bond acceptors (Lipinski definition) is 3. The molecule has 0 saturated carbocycles. The van der Waals surface area contributed by atoms with Crippen LogP contribution < -0.4 is 0 Å². The van der Waals surface area contributed by atoms with Crippen LogP contribution in [0.5, 0.6) is 0 Å². The van der Waals surface area contributed by atoms with Gasteiger partial charge in [0.05, 0.1) is 18.9 Å². The van der Waals surface area contributed by atoms with Crippen LogP contribution in [-0.4, -0.2) is 35.0 Å². The van der Waals surface area contributed by atoms with Gasteiger partial charge in [0.25, 0.3) is 0 Å². The fourth-order valence-electron chi connectivity index (χ4n) is 1.64. The monoisotopic (exact) mass is 240 g/mol. The molecule has 96 valence electrons. The van der Waals surface area contributed by atoms with Gasteiger partial charge in [-0.05, 0) is 12.3 Å². The smallest absolute Gasteiger partial charge is 0.303 e. The van der Waals surface area contributed by atoms with E-state index in [1.807, 2.05) is 13.0 Å². The number of carboxylic acids is 1. The van der Waals surface area contributed by atoms with Gasteiger partial charge in [0.2, 0.25) is 5.91 Å². The first-order valence-electron chi connectivity index (χ1n) is 5.69. The van der Waals surface area contributed by atoms with Crippen molar-refractivity contribution in [2.45, 2.75) is 40.0 Å². The van der Waals surface area contributed by atoms with Crippen LogP contribution in [0.2, 0.25) is 0 Å². The third kappa shape index (κ3) is 6.56. The average Bonchev–Trinajstić information content (AvgIpc) is 2.15. The number of nitrogens with zero attached hydrogens (tertiary/aromatic N) is 2. The molecule has 0 saturated heterocycles. The van der Waals surface area contributed by atoms with Crippen molar-refractivity contribution < 1.29 is 14.7 Å². The summed E-state index contributed by atoms with van der Waals surface area (Å²) in [5.41, 5.74) is -0.553. The lowest BCUT2D eigenvalue weighted by Crippen LogP contribution is -2.35. The molecule has 0 fully saturated rings. The highest BCUT2D eigenvalue weighted by molar-refractivity contribution is 5.78. The van der Waals surface area contributed by atoms with E-state index in [1.165, 1.54) is 0 Å². The van der Waals surface area contributed by atoms with Crippen molar-refractivity contribution in [3.63, 3.8) is 0 Å². The quantitative estimate of drug-likeness (QED) is 0.733. The molecule has 17 heavy (non-hydrogen) atoms. The van der Waals surface area contributed by atoms with Crippen LogP contribution in [0, 0.1) is 16.7 Å². The summed E-state index contributed by atoms with van der Waals surface area (Å²) in [6.45, 7) is 6.33. The number of amides is 1. The zero-order chi connectivity index (χ0) is 13.5. The number of carbonyl (C=O) groups excluding carboxylic acids is 1. The Hall–Kier alpha value is -1.57. The van der Waals surface area contributed by atoms with Crippen molar-refractivity contribution in [1.82, 2.24) is 4.90 Å². The van der Waals surface area contributed by atoms with Crippen LogP contribution >= 0.6 is 0 Å². The summed E-state index contributed by atoms with van der Waals surface area (Å²) in [4.78, 5) is 24.1. The second kappa shape index (κ2) is 6.89. The van der Waals surface area contributed by atoms with Gasteiger partial charge < -0.3 is 10.0 Å². The van der Waals surface area contributed by atoms with E-state index in [-0.39, 0.29) is 18.7 Å². The van der Waals surface area contributed by atoms with E-state index < -0.39 is 11.4 Å². The minimum absolute atomic E-state index is 0.0332. The van der Waals surface area contributed by atoms with E-state index in [0.29, 0.717) is 19.5 Å². The third-order valence-corrected chi connectivity index (χ3v) is 2.49. The Balaban J connectivity index is 4.39. The minimum Gasteiger partial charge on any atom is -0.481 e. The van der Waals surface area contributed by atoms with Crippen LogP contribution in [0.25, 0.3) is 0 Å². The molecule has 0 heterocycles. The molecule has 0 bridgehead atoms. The summed E-state index contributed by atoms with van der Waals surface area (Å²) >= 11 is 0. The first-order chi connectivity index (χ1) is 7.82. The molecule has 0 aromatic carbocycles. The van der Waals surface area contributed by atoms with Crippen LogP contribution in [-0.2, 0) is 9.59 Å². The van der Waals surface area contributed by atoms with Crippen molar-refractivity contribution in [2.24, 2.45) is 5.41 Å². The molecule has 0 aliphatic heterocycles. The molecule has 1 amide bonds. The van der Waals surface area contributed by atoms with Gasteiger partial charge >= 0.3 is 5.97 Å². The zero-order valence-electron chi connectivity index (χ0n) is 10.7. The van der Waals surface area contributed by atoms with Crippen LogP contribution in [0.1, 0.15) is 40.0 Å². The third-order valence-electron chi connectivity index (χ3n) is 2.49. The standard InChI is InChI=1S/C12H20N2O3/c1-4-14(7-5-6-13)10(15)8-12(2,3)9-11(16)17/h4-5,7-9H2,1-3H3,(H,16,17). The lowest BCUT2D eigenvalue weighted by atomic mass is 9.85. The van der Waals surface area contributed by atoms with Gasteiger partial charge in [-0.1, -0.05) is 13.8 Å². The molecule has 0 aromatic heterocycles. The molecule has 0 unspecified atom stereocenters. The maximum Gasteiger partial charge on any atom is 0.303 e. The van der Waals surface area contributed by atoms with Gasteiger partial charge in [-0.3, -0.25) is 9.59 Å². The molecule has 0 aliphatic rings. The number of rotatable bonds is 7. The fourth-order valence-corrected chi connectivity index (χ4v) is 1.64. The van der Waals surface area contributed by atoms with Gasteiger partial charge in [0, 0.05) is 19.5 Å². The number of carboxylic acid groups (broad SMARTS) is 1. The van der Waals surface area contributed by atoms with E-state index in [4.69, 9.17) is 10.4 Å². The summed E-state index contributed by atoms with van der Waals surface area (Å²) in [6.07, 6.45) is 0.464. The summed E-state index contributed by atoms with van der Waals surface area (Å²) in [5, 5.41) is 17.2. The molecule has 0 aliphatic carbocycles. The van der Waals surface area contributed by atoms with Gasteiger partial charge in [0.15, 0.2) is 0 Å². The Kier molecular flexibility index (Phi) is 6.26. The van der Waals surface area contributed by atoms with Crippen molar-refractivity contribution in [3.05, 3.63) is 0 Å². The molecule has 0 aromatic rings. The Morgan fingerprint density at radius 2 is 1.94 bits per heavy atom. The number of hydrogen-bond donors (Lipinski definition) is 1. The van der Waals surface area contributed by atoms with Crippen molar-refractivity contribution in [3.8, 4) is 6.07 Å². The summed E-state index contributed by atoms with van der Waals surface area (Å²) in [7, 11) is 0. The second-order valence-electron chi connectivity index (χ2n) is 4.79. The molecular formula is C12H20N2O3. The SMILES string of the molecule is CCN(CCC#N)C(=O)CC(C)(C)CC(=O)O. The van der Waals surface area contributed by atoms with Crippen molar-refractivity contribution in [1.29, 1.82) is 5.26 Å². The van der Waals surface area contributed by atoms with Gasteiger partial charge in [0.1, 0.15) is 0 Å². The van der Waals surface area contributed by atoms with E-state index in [0.717, 1.165) is 0 Å². The van der Waals surface area contributed by atoms with E-state index >= 15 is 0 Å². The summed E-state index contributed by atoms with van der Waals surface area (Å²) in [6, 6.07) is 1.99. The molecular weight excluding hydrogens is 220 g/mol. The molecule has 5 heteroatoms. The van der Waals surface area contributed by atoms with Gasteiger partial charge in [-0.15, -0.1) is 0 Å². The number of nitriles is 1. The summed E-state index contributed by atoms with van der Waals surface area (Å²) in [5.74, 6) is -0.989. The van der Waals surface area contributed by atoms with Crippen LogP contribution in [0.3, 0.4) is 0 Å².